The second-order valence-corrected chi connectivity index (χ2v) is 6.06. The Hall–Kier alpha value is -0.900. The Morgan fingerprint density at radius 2 is 1.85 bits per heavy atom. The van der Waals surface area contributed by atoms with Gasteiger partial charge in [0.05, 0.1) is 11.1 Å². The molecular formula is C16H16BrClFN. The third-order valence-electron chi connectivity index (χ3n) is 3.53. The van der Waals surface area contributed by atoms with Crippen LogP contribution in [0.15, 0.2) is 34.8 Å². The Morgan fingerprint density at radius 3 is 2.45 bits per heavy atom. The van der Waals surface area contributed by atoms with Gasteiger partial charge in [0, 0.05) is 10.0 Å². The number of halogens is 3. The first-order chi connectivity index (χ1) is 9.45. The first kappa shape index (κ1) is 15.5. The molecule has 0 aliphatic heterocycles. The standard InChI is InChI=1S/C16H16BrClFN/c1-9-4-5-11(8-10(9)2)16(20-3)12-6-7-13(17)14(18)15(12)19/h4-8,16,20H,1-3H3. The SMILES string of the molecule is CNC(c1ccc(C)c(C)c1)c1ccc(Br)c(Cl)c1F. The molecule has 0 aromatic heterocycles. The largest absolute Gasteiger partial charge is 0.309 e. The van der Waals surface area contributed by atoms with Crippen LogP contribution in [0, 0.1) is 19.7 Å². The van der Waals surface area contributed by atoms with Crippen LogP contribution in [0.1, 0.15) is 28.3 Å². The van der Waals surface area contributed by atoms with Crippen LogP contribution in [0.3, 0.4) is 0 Å². The molecule has 20 heavy (non-hydrogen) atoms. The summed E-state index contributed by atoms with van der Waals surface area (Å²) in [4.78, 5) is 0. The second kappa shape index (κ2) is 6.25. The fraction of sp³-hybridized carbons (Fsp3) is 0.250. The molecule has 0 radical (unpaired) electrons. The van der Waals surface area contributed by atoms with Gasteiger partial charge in [-0.25, -0.2) is 4.39 Å². The van der Waals surface area contributed by atoms with Crippen molar-refractivity contribution in [3.8, 4) is 0 Å². The van der Waals surface area contributed by atoms with Crippen molar-refractivity contribution in [2.24, 2.45) is 0 Å². The van der Waals surface area contributed by atoms with E-state index >= 15 is 0 Å². The fourth-order valence-electron chi connectivity index (χ4n) is 2.21. The van der Waals surface area contributed by atoms with Gasteiger partial charge in [-0.3, -0.25) is 0 Å². The molecule has 2 aromatic carbocycles. The molecule has 0 heterocycles. The summed E-state index contributed by atoms with van der Waals surface area (Å²) in [5, 5.41) is 3.27. The molecule has 1 atom stereocenters. The maximum atomic E-state index is 14.4. The van der Waals surface area contributed by atoms with Gasteiger partial charge in [0.1, 0.15) is 5.82 Å². The molecule has 0 bridgehead atoms. The summed E-state index contributed by atoms with van der Waals surface area (Å²) < 4.78 is 14.9. The van der Waals surface area contributed by atoms with Crippen LogP contribution in [0.2, 0.25) is 5.02 Å². The number of nitrogens with one attached hydrogen (secondary N) is 1. The third-order valence-corrected chi connectivity index (χ3v) is 4.79. The lowest BCUT2D eigenvalue weighted by atomic mass is 9.95. The van der Waals surface area contributed by atoms with Crippen molar-refractivity contribution in [3.05, 3.63) is 67.9 Å². The Kier molecular flexibility index (Phi) is 4.84. The van der Waals surface area contributed by atoms with Gasteiger partial charge in [0.2, 0.25) is 0 Å². The summed E-state index contributed by atoms with van der Waals surface area (Å²) in [6, 6.07) is 9.44. The van der Waals surface area contributed by atoms with Gasteiger partial charge in [-0.15, -0.1) is 0 Å². The highest BCUT2D eigenvalue weighted by Crippen LogP contribution is 2.33. The minimum atomic E-state index is -0.390. The average molecular weight is 357 g/mol. The van der Waals surface area contributed by atoms with Crippen LogP contribution in [0.25, 0.3) is 0 Å². The summed E-state index contributed by atoms with van der Waals surface area (Å²) in [6.07, 6.45) is 0. The molecule has 106 valence electrons. The summed E-state index contributed by atoms with van der Waals surface area (Å²) in [5.41, 5.74) is 3.97. The number of hydrogen-bond donors (Lipinski definition) is 1. The second-order valence-electron chi connectivity index (χ2n) is 4.83. The van der Waals surface area contributed by atoms with Crippen LogP contribution in [-0.2, 0) is 0 Å². The highest BCUT2D eigenvalue weighted by Gasteiger charge is 2.19. The van der Waals surface area contributed by atoms with E-state index in [0.717, 1.165) is 5.56 Å². The molecule has 0 saturated heterocycles. The van der Waals surface area contributed by atoms with Crippen molar-refractivity contribution in [1.29, 1.82) is 0 Å². The number of hydrogen-bond acceptors (Lipinski definition) is 1. The number of benzene rings is 2. The lowest BCUT2D eigenvalue weighted by molar-refractivity contribution is 0.575. The summed E-state index contributed by atoms with van der Waals surface area (Å²) >= 11 is 9.21. The maximum Gasteiger partial charge on any atom is 0.148 e. The Bertz CT molecular complexity index is 643. The molecule has 1 unspecified atom stereocenters. The van der Waals surface area contributed by atoms with E-state index in [4.69, 9.17) is 11.6 Å². The van der Waals surface area contributed by atoms with Crippen molar-refractivity contribution in [3.63, 3.8) is 0 Å². The molecule has 0 amide bonds. The Balaban J connectivity index is 2.52. The predicted molar refractivity (Wildman–Crippen MR) is 85.9 cm³/mol. The van der Waals surface area contributed by atoms with Gasteiger partial charge in [0.25, 0.3) is 0 Å². The first-order valence-corrected chi connectivity index (χ1v) is 7.50. The zero-order valence-corrected chi connectivity index (χ0v) is 13.9. The zero-order valence-electron chi connectivity index (χ0n) is 11.6. The van der Waals surface area contributed by atoms with Crippen molar-refractivity contribution >= 4 is 27.5 Å². The van der Waals surface area contributed by atoms with E-state index in [2.05, 4.69) is 41.2 Å². The van der Waals surface area contributed by atoms with Crippen molar-refractivity contribution in [2.75, 3.05) is 7.05 Å². The molecule has 0 aliphatic carbocycles. The lowest BCUT2D eigenvalue weighted by Gasteiger charge is -2.20. The van der Waals surface area contributed by atoms with Gasteiger partial charge in [-0.2, -0.15) is 0 Å². The van der Waals surface area contributed by atoms with Gasteiger partial charge < -0.3 is 5.32 Å². The lowest BCUT2D eigenvalue weighted by Crippen LogP contribution is -2.19. The average Bonchev–Trinajstić information content (AvgIpc) is 2.43. The molecule has 2 rings (SSSR count). The van der Waals surface area contributed by atoms with E-state index in [1.54, 1.807) is 12.1 Å². The normalized spacial score (nSPS) is 12.5. The minimum Gasteiger partial charge on any atom is -0.309 e. The number of aryl methyl sites for hydroxylation is 2. The third kappa shape index (κ3) is 2.90. The van der Waals surface area contributed by atoms with Gasteiger partial charge in [-0.1, -0.05) is 35.9 Å². The van der Waals surface area contributed by atoms with Crippen LogP contribution in [-0.4, -0.2) is 7.05 Å². The van der Waals surface area contributed by atoms with Crippen LogP contribution in [0.5, 0.6) is 0 Å². The van der Waals surface area contributed by atoms with Crippen molar-refractivity contribution in [1.82, 2.24) is 5.32 Å². The van der Waals surface area contributed by atoms with Crippen LogP contribution >= 0.6 is 27.5 Å². The van der Waals surface area contributed by atoms with E-state index in [1.165, 1.54) is 11.1 Å². The van der Waals surface area contributed by atoms with E-state index in [1.807, 2.05) is 19.2 Å². The highest BCUT2D eigenvalue weighted by molar-refractivity contribution is 9.10. The monoisotopic (exact) mass is 355 g/mol. The maximum absolute atomic E-state index is 14.4. The molecule has 0 fully saturated rings. The van der Waals surface area contributed by atoms with Crippen molar-refractivity contribution < 1.29 is 4.39 Å². The highest BCUT2D eigenvalue weighted by atomic mass is 79.9. The van der Waals surface area contributed by atoms with E-state index < -0.39 is 5.82 Å². The molecule has 1 nitrogen and oxygen atoms in total. The van der Waals surface area contributed by atoms with E-state index in [-0.39, 0.29) is 11.1 Å². The predicted octanol–water partition coefficient (Wildman–Crippen LogP) is 5.17. The molecule has 4 heteroatoms. The molecular weight excluding hydrogens is 341 g/mol. The van der Waals surface area contributed by atoms with Gasteiger partial charge >= 0.3 is 0 Å². The fourth-order valence-corrected chi connectivity index (χ4v) is 2.69. The summed E-state index contributed by atoms with van der Waals surface area (Å²) in [6.45, 7) is 4.11. The van der Waals surface area contributed by atoms with Crippen LogP contribution in [0.4, 0.5) is 4.39 Å². The van der Waals surface area contributed by atoms with Crippen LogP contribution < -0.4 is 5.32 Å². The van der Waals surface area contributed by atoms with E-state index in [0.29, 0.717) is 10.0 Å². The Morgan fingerprint density at radius 1 is 1.15 bits per heavy atom. The topological polar surface area (TPSA) is 12.0 Å². The van der Waals surface area contributed by atoms with Crippen molar-refractivity contribution in [2.45, 2.75) is 19.9 Å². The zero-order chi connectivity index (χ0) is 14.9. The molecule has 2 aromatic rings. The molecule has 1 N–H and O–H groups in total. The van der Waals surface area contributed by atoms with Gasteiger partial charge in [-0.05, 0) is 59.6 Å². The summed E-state index contributed by atoms with van der Waals surface area (Å²) in [7, 11) is 1.81. The van der Waals surface area contributed by atoms with Gasteiger partial charge in [0.15, 0.2) is 0 Å². The smallest absolute Gasteiger partial charge is 0.148 e. The molecule has 0 saturated carbocycles. The first-order valence-electron chi connectivity index (χ1n) is 6.33. The molecule has 0 aliphatic rings. The summed E-state index contributed by atoms with van der Waals surface area (Å²) in [5.74, 6) is -0.390. The number of rotatable bonds is 3. The Labute approximate surface area is 132 Å². The quantitative estimate of drug-likeness (QED) is 0.748. The molecule has 0 spiro atoms. The minimum absolute atomic E-state index is 0.117. The van der Waals surface area contributed by atoms with E-state index in [9.17, 15) is 4.39 Å².